The number of imidazole rings is 4. The number of carboxylic acids is 1. The number of aromatic carboxylic acids is 1. The lowest BCUT2D eigenvalue weighted by atomic mass is 9.98. The third kappa shape index (κ3) is 14.4. The highest BCUT2D eigenvalue weighted by Gasteiger charge is 2.25. The van der Waals surface area contributed by atoms with E-state index in [9.17, 15) is 34.9 Å². The van der Waals surface area contributed by atoms with Crippen molar-refractivity contribution < 1.29 is 24.5 Å². The van der Waals surface area contributed by atoms with E-state index in [0.29, 0.717) is 38.4 Å². The van der Waals surface area contributed by atoms with Gasteiger partial charge in [0.1, 0.15) is 23.3 Å². The lowest BCUT2D eigenvalue weighted by Gasteiger charge is -2.09. The van der Waals surface area contributed by atoms with E-state index in [1.165, 1.54) is 29.7 Å². The molecule has 17 aromatic carbocycles. The van der Waals surface area contributed by atoms with Gasteiger partial charge < -0.3 is 61.0 Å². The molecular formula is C104H63Br5N18O7. The molecule has 9 heterocycles. The number of nitro benzene ring substituents is 2. The topological polar surface area (TPSA) is 385 Å². The Morgan fingerprint density at radius 1 is 0.351 bits per heavy atom. The first-order valence-corrected chi connectivity index (χ1v) is 46.0. The lowest BCUT2D eigenvalue weighted by molar-refractivity contribution is -0.385. The molecule has 26 rings (SSSR count). The van der Waals surface area contributed by atoms with Gasteiger partial charge >= 0.3 is 5.97 Å². The molecule has 0 atom stereocenters. The zero-order valence-electron chi connectivity index (χ0n) is 69.4. The highest BCUT2D eigenvalue weighted by atomic mass is 79.9. The van der Waals surface area contributed by atoms with Crippen molar-refractivity contribution in [1.82, 2.24) is 64.8 Å². The molecule has 0 aliphatic heterocycles. The van der Waals surface area contributed by atoms with E-state index < -0.39 is 15.8 Å². The Morgan fingerprint density at radius 2 is 0.672 bits per heavy atom. The fourth-order valence-electron chi connectivity index (χ4n) is 18.5. The highest BCUT2D eigenvalue weighted by Crippen LogP contribution is 2.46. The maximum absolute atomic E-state index is 11.8. The third-order valence-corrected chi connectivity index (χ3v) is 27.1. The molecule has 25 nitrogen and oxygen atoms in total. The molecule has 0 spiro atoms. The van der Waals surface area contributed by atoms with Gasteiger partial charge in [-0.15, -0.1) is 0 Å². The zero-order chi connectivity index (χ0) is 91.2. The summed E-state index contributed by atoms with van der Waals surface area (Å²) in [6.45, 7) is -0.0531. The standard InChI is InChI=1S/C32H19Br2N5.C25H18BrN5O.C24H14BrN3O2.C23H12BrN5O4/c33-18-5-9-28-24(11-18)17(15-36-28)14-35-20-7-8-23-25(13-20)21-3-1-2-4-22(21)30-31(23)39-32(38-30)27-16-37-29-10-6-19(34)12-26(27)29;26-13-5-8-21-19(9-13)20(12-28-21)25-30-23-16-4-2-1-3-15(16)18-10-14(29-22(32)11-27)6-7-17(18)24(23)31-25;25-13-6-8-20-18(10-13)19(11-26-20)23-27-21-15-4-2-1-3-14(15)17-9-12(24(29)30)5-7-16(17)22(21)28-23;24-11-1-6-20-18(7-11)19(10-25-20)23-26-21-14-4-2-12(28(30)31)8-16(14)17-9-13(29(32)33)3-5-15(17)22(21)27-23/h1-16,36-37H,(H,38,39);1-10,12,28H,11,27H2,(H,29,32)(H,30,31);1-11,26H,(H,27,28)(H,29,30);1-10,25H,(H,26,27). The Bertz CT molecular complexity index is 9480. The minimum atomic E-state index is -0.934. The lowest BCUT2D eigenvalue weighted by Crippen LogP contribution is -2.21. The van der Waals surface area contributed by atoms with Crippen molar-refractivity contribution in [3.63, 3.8) is 0 Å². The quantitative estimate of drug-likeness (QED) is 0.0249. The number of nitrogens with one attached hydrogen (secondary N) is 10. The number of aromatic amines is 9. The van der Waals surface area contributed by atoms with Crippen molar-refractivity contribution in [2.75, 3.05) is 11.9 Å². The summed E-state index contributed by atoms with van der Waals surface area (Å²) in [7, 11) is 0. The van der Waals surface area contributed by atoms with E-state index in [0.717, 1.165) is 226 Å². The second-order valence-electron chi connectivity index (χ2n) is 32.4. The summed E-state index contributed by atoms with van der Waals surface area (Å²) in [5.74, 6) is 1.90. The number of carbonyl (C=O) groups excluding carboxylic acids is 1. The molecule has 0 saturated heterocycles. The van der Waals surface area contributed by atoms with Gasteiger partial charge in [0, 0.05) is 215 Å². The van der Waals surface area contributed by atoms with Gasteiger partial charge in [0.15, 0.2) is 0 Å². The molecule has 134 heavy (non-hydrogen) atoms. The monoisotopic (exact) mass is 2070 g/mol. The Kier molecular flexibility index (Phi) is 20.3. The second-order valence-corrected chi connectivity index (χ2v) is 37.0. The smallest absolute Gasteiger partial charge is 0.335 e. The number of non-ortho nitro benzene ring substituents is 2. The first-order chi connectivity index (χ1) is 65.2. The number of halogens is 5. The summed E-state index contributed by atoms with van der Waals surface area (Å²) < 4.78 is 5.04. The van der Waals surface area contributed by atoms with Gasteiger partial charge in [-0.2, -0.15) is 0 Å². The van der Waals surface area contributed by atoms with Gasteiger partial charge in [-0.3, -0.25) is 30.0 Å². The fourth-order valence-corrected chi connectivity index (χ4v) is 20.3. The Morgan fingerprint density at radius 3 is 1.09 bits per heavy atom. The summed E-state index contributed by atoms with van der Waals surface area (Å²) in [5.41, 5.74) is 24.4. The number of rotatable bonds is 11. The molecule has 1 amide bonds. The van der Waals surface area contributed by atoms with E-state index in [2.05, 4.69) is 221 Å². The van der Waals surface area contributed by atoms with Crippen LogP contribution >= 0.6 is 79.6 Å². The molecule has 0 radical (unpaired) electrons. The van der Waals surface area contributed by atoms with Crippen LogP contribution in [0.1, 0.15) is 15.9 Å². The van der Waals surface area contributed by atoms with Gasteiger partial charge in [-0.25, -0.2) is 24.7 Å². The van der Waals surface area contributed by atoms with Crippen molar-refractivity contribution in [3.8, 4) is 45.6 Å². The molecule has 0 fully saturated rings. The summed E-state index contributed by atoms with van der Waals surface area (Å²) in [6, 6.07) is 81.9. The highest BCUT2D eigenvalue weighted by molar-refractivity contribution is 9.11. The molecule has 0 aliphatic rings. The summed E-state index contributed by atoms with van der Waals surface area (Å²) >= 11 is 17.8. The number of H-pyrrole nitrogens is 9. The molecule has 26 aromatic rings. The van der Waals surface area contributed by atoms with Crippen LogP contribution in [-0.2, 0) is 4.79 Å². The maximum Gasteiger partial charge on any atom is 0.335 e. The number of aromatic nitrogens is 13. The predicted octanol–water partition coefficient (Wildman–Crippen LogP) is 28.5. The number of nitro groups is 2. The zero-order valence-corrected chi connectivity index (χ0v) is 77.3. The largest absolute Gasteiger partial charge is 0.478 e. The summed E-state index contributed by atoms with van der Waals surface area (Å²) in [6.07, 6.45) is 11.8. The number of aliphatic imine (C=N–C) groups is 1. The number of benzene rings is 17. The van der Waals surface area contributed by atoms with Crippen LogP contribution in [0.4, 0.5) is 22.7 Å². The number of carboxylic acid groups (broad SMARTS) is 1. The molecule has 646 valence electrons. The second kappa shape index (κ2) is 32.9. The minimum Gasteiger partial charge on any atom is -0.478 e. The van der Waals surface area contributed by atoms with Crippen molar-refractivity contribution in [2.24, 2.45) is 10.7 Å². The number of fused-ring (bicyclic) bond motifs is 29. The van der Waals surface area contributed by atoms with E-state index >= 15 is 0 Å². The predicted molar refractivity (Wildman–Crippen MR) is 556 cm³/mol. The van der Waals surface area contributed by atoms with Crippen LogP contribution in [0.2, 0.25) is 0 Å². The van der Waals surface area contributed by atoms with Gasteiger partial charge in [0.2, 0.25) is 5.91 Å². The minimum absolute atomic E-state index is 0.0531. The van der Waals surface area contributed by atoms with Crippen LogP contribution in [0.15, 0.2) is 313 Å². The van der Waals surface area contributed by atoms with E-state index in [1.807, 2.05) is 152 Å². The molecule has 13 N–H and O–H groups in total. The van der Waals surface area contributed by atoms with Crippen LogP contribution in [-0.4, -0.2) is 104 Å². The Labute approximate surface area is 795 Å². The number of hydrogen-bond acceptors (Lipinski definition) is 12. The molecular weight excluding hydrogens is 2010 g/mol. The molecule has 0 saturated carbocycles. The van der Waals surface area contributed by atoms with Crippen LogP contribution in [0.5, 0.6) is 0 Å². The number of hydrogen-bond donors (Lipinski definition) is 12. The molecule has 0 bridgehead atoms. The number of amides is 1. The summed E-state index contributed by atoms with van der Waals surface area (Å²) in [5, 5.41) is 55.6. The first-order valence-electron chi connectivity index (χ1n) is 42.1. The molecule has 0 unspecified atom stereocenters. The van der Waals surface area contributed by atoms with Gasteiger partial charge in [-0.05, 0) is 189 Å². The SMILES string of the molecule is Brc1ccc2[nH]cc(C=Nc3ccc4c(c3)c3ccccc3c3[nH]c(-c5c[nH]c6ccc(Br)cc56)nc43)c2c1.NCC(=O)Nc1ccc2c(c1)c1ccccc1c1nc(-c3c[nH]c4ccc(Br)cc34)[nH]c21.O=C(O)c1ccc2c(c1)c1ccccc1c1nc(-c3c[nH]c4ccc(Br)cc34)[nH]c21.O=[N+]([O-])c1ccc2c(c1)c1cc([N+](=O)[O-])ccc1c1[nH]c(-c3c[nH]c4ccc(Br)cc34)nc21. The Hall–Kier alpha value is -15.8. The van der Waals surface area contributed by atoms with Crippen LogP contribution < -0.4 is 11.1 Å². The van der Waals surface area contributed by atoms with Gasteiger partial charge in [0.05, 0.1) is 71.8 Å². The first kappa shape index (κ1) is 82.6. The molecule has 9 aromatic heterocycles. The van der Waals surface area contributed by atoms with E-state index in [-0.39, 0.29) is 29.4 Å². The number of nitrogens with zero attached hydrogens (tertiary/aromatic N) is 7. The van der Waals surface area contributed by atoms with Crippen molar-refractivity contribution in [3.05, 3.63) is 339 Å². The van der Waals surface area contributed by atoms with Gasteiger partial charge in [0.25, 0.3) is 11.4 Å². The maximum atomic E-state index is 11.8. The molecule has 0 aliphatic carbocycles. The van der Waals surface area contributed by atoms with Crippen molar-refractivity contribution in [2.45, 2.75) is 0 Å². The average molecular weight is 2080 g/mol. The molecule has 30 heteroatoms. The van der Waals surface area contributed by atoms with Crippen molar-refractivity contribution in [1.29, 1.82) is 0 Å². The van der Waals surface area contributed by atoms with Gasteiger partial charge in [-0.1, -0.05) is 165 Å². The Balaban J connectivity index is 0.000000101. The fraction of sp³-hybridized carbons (Fsp3) is 0.00962. The average Bonchev–Trinajstić information content (AvgIpc) is 1.68. The number of carbonyl (C=O) groups is 2. The van der Waals surface area contributed by atoms with Crippen LogP contribution in [0, 0.1) is 20.2 Å². The van der Waals surface area contributed by atoms with Crippen molar-refractivity contribution >= 4 is 305 Å². The van der Waals surface area contributed by atoms with E-state index in [1.54, 1.807) is 24.3 Å². The van der Waals surface area contributed by atoms with E-state index in [4.69, 9.17) is 30.7 Å². The summed E-state index contributed by atoms with van der Waals surface area (Å²) in [4.78, 5) is 101. The normalized spacial score (nSPS) is 11.9. The third-order valence-electron chi connectivity index (χ3n) is 24.7. The number of anilines is 1. The van der Waals surface area contributed by atoms with Crippen LogP contribution in [0.3, 0.4) is 0 Å². The van der Waals surface area contributed by atoms with Crippen LogP contribution in [0.25, 0.3) is 230 Å². The number of nitrogens with two attached hydrogens (primary N) is 1.